The number of hydrogen-bond acceptors (Lipinski definition) is 3. The van der Waals surface area contributed by atoms with E-state index < -0.39 is 10.0 Å². The molecule has 1 fully saturated rings. The number of piperidine rings is 1. The Kier molecular flexibility index (Phi) is 4.53. The summed E-state index contributed by atoms with van der Waals surface area (Å²) >= 11 is 3.33. The first-order chi connectivity index (χ1) is 8.96. The normalized spacial score (nSPS) is 21.3. The smallest absolute Gasteiger partial charge is 0.243 e. The van der Waals surface area contributed by atoms with E-state index in [1.165, 1.54) is 7.11 Å². The van der Waals surface area contributed by atoms with E-state index in [1.54, 1.807) is 22.5 Å². The third kappa shape index (κ3) is 2.95. The first-order valence-electron chi connectivity index (χ1n) is 6.32. The molecule has 1 aromatic carbocycles. The quantitative estimate of drug-likeness (QED) is 0.844. The van der Waals surface area contributed by atoms with Crippen molar-refractivity contribution in [1.29, 1.82) is 0 Å². The van der Waals surface area contributed by atoms with Crippen LogP contribution in [0.1, 0.15) is 26.2 Å². The molecule has 0 radical (unpaired) electrons. The molecule has 6 heteroatoms. The summed E-state index contributed by atoms with van der Waals surface area (Å²) in [6.45, 7) is 2.56. The molecule has 0 unspecified atom stereocenters. The maximum atomic E-state index is 12.6. The number of benzene rings is 1. The summed E-state index contributed by atoms with van der Waals surface area (Å²) in [7, 11) is -1.90. The van der Waals surface area contributed by atoms with Crippen LogP contribution < -0.4 is 4.74 Å². The SMILES string of the molecule is COc1cc(S(=O)(=O)N2CCCC[C@@H]2C)ccc1Br. The summed E-state index contributed by atoms with van der Waals surface area (Å²) in [5.41, 5.74) is 0. The first-order valence-corrected chi connectivity index (χ1v) is 8.55. The molecule has 0 spiro atoms. The summed E-state index contributed by atoms with van der Waals surface area (Å²) < 4.78 is 32.8. The van der Waals surface area contributed by atoms with E-state index in [9.17, 15) is 8.42 Å². The monoisotopic (exact) mass is 347 g/mol. The topological polar surface area (TPSA) is 46.6 Å². The van der Waals surface area contributed by atoms with Gasteiger partial charge in [0.2, 0.25) is 10.0 Å². The zero-order chi connectivity index (χ0) is 14.0. The van der Waals surface area contributed by atoms with Crippen LogP contribution in [0.25, 0.3) is 0 Å². The summed E-state index contributed by atoms with van der Waals surface area (Å²) in [5, 5.41) is 0. The van der Waals surface area contributed by atoms with Crippen LogP contribution >= 0.6 is 15.9 Å². The second-order valence-electron chi connectivity index (χ2n) is 4.76. The van der Waals surface area contributed by atoms with Gasteiger partial charge in [-0.05, 0) is 47.8 Å². The molecule has 0 amide bonds. The Bertz CT molecular complexity index is 559. The van der Waals surface area contributed by atoms with Crippen LogP contribution in [-0.2, 0) is 10.0 Å². The fourth-order valence-electron chi connectivity index (χ4n) is 2.36. The van der Waals surface area contributed by atoms with E-state index in [0.29, 0.717) is 17.2 Å². The van der Waals surface area contributed by atoms with Crippen LogP contribution in [0.15, 0.2) is 27.6 Å². The lowest BCUT2D eigenvalue weighted by Gasteiger charge is -2.32. The van der Waals surface area contributed by atoms with Crippen molar-refractivity contribution in [3.05, 3.63) is 22.7 Å². The molecule has 0 aliphatic carbocycles. The molecule has 0 saturated carbocycles. The van der Waals surface area contributed by atoms with Crippen molar-refractivity contribution in [2.75, 3.05) is 13.7 Å². The summed E-state index contributed by atoms with van der Waals surface area (Å²) in [6.07, 6.45) is 2.95. The average Bonchev–Trinajstić information content (AvgIpc) is 2.39. The van der Waals surface area contributed by atoms with Crippen molar-refractivity contribution in [3.8, 4) is 5.75 Å². The number of methoxy groups -OCH3 is 1. The van der Waals surface area contributed by atoms with Gasteiger partial charge in [0, 0.05) is 18.7 Å². The first kappa shape index (κ1) is 14.8. The molecular weight excluding hydrogens is 330 g/mol. The third-order valence-electron chi connectivity index (χ3n) is 3.47. The van der Waals surface area contributed by atoms with Crippen LogP contribution in [0.3, 0.4) is 0 Å². The standard InChI is InChI=1S/C13H18BrNO3S/c1-10-5-3-4-8-15(10)19(16,17)11-6-7-12(14)13(9-11)18-2/h6-7,9-10H,3-5,8H2,1-2H3/t10-/m0/s1. The van der Waals surface area contributed by atoms with Crippen molar-refractivity contribution in [1.82, 2.24) is 4.31 Å². The number of sulfonamides is 1. The second-order valence-corrected chi connectivity index (χ2v) is 7.50. The maximum Gasteiger partial charge on any atom is 0.243 e. The number of halogens is 1. The number of ether oxygens (including phenoxy) is 1. The fourth-order valence-corrected chi connectivity index (χ4v) is 4.49. The van der Waals surface area contributed by atoms with E-state index >= 15 is 0 Å². The minimum Gasteiger partial charge on any atom is -0.496 e. The molecule has 1 saturated heterocycles. The highest BCUT2D eigenvalue weighted by Gasteiger charge is 2.31. The lowest BCUT2D eigenvalue weighted by atomic mass is 10.1. The molecule has 1 heterocycles. The van der Waals surface area contributed by atoms with Crippen LogP contribution in [0.5, 0.6) is 5.75 Å². The summed E-state index contributed by atoms with van der Waals surface area (Å²) in [6, 6.07) is 4.96. The molecule has 0 aromatic heterocycles. The summed E-state index contributed by atoms with van der Waals surface area (Å²) in [4.78, 5) is 0.293. The molecule has 19 heavy (non-hydrogen) atoms. The molecule has 1 aliphatic rings. The van der Waals surface area contributed by atoms with Gasteiger partial charge < -0.3 is 4.74 Å². The van der Waals surface area contributed by atoms with E-state index in [1.807, 2.05) is 6.92 Å². The zero-order valence-corrected chi connectivity index (χ0v) is 13.5. The van der Waals surface area contributed by atoms with Gasteiger partial charge >= 0.3 is 0 Å². The molecule has 106 valence electrons. The van der Waals surface area contributed by atoms with Crippen LogP contribution in [0, 0.1) is 0 Å². The Morgan fingerprint density at radius 3 is 2.74 bits per heavy atom. The van der Waals surface area contributed by atoms with Gasteiger partial charge in [-0.1, -0.05) is 6.42 Å². The average molecular weight is 348 g/mol. The minimum absolute atomic E-state index is 0.0633. The van der Waals surface area contributed by atoms with Crippen molar-refractivity contribution in [3.63, 3.8) is 0 Å². The van der Waals surface area contributed by atoms with Crippen LogP contribution in [0.2, 0.25) is 0 Å². The molecule has 0 bridgehead atoms. The molecule has 2 rings (SSSR count). The summed E-state index contributed by atoms with van der Waals surface area (Å²) in [5.74, 6) is 0.533. The molecular formula is C13H18BrNO3S. The lowest BCUT2D eigenvalue weighted by Crippen LogP contribution is -2.41. The van der Waals surface area contributed by atoms with Gasteiger partial charge in [0.05, 0.1) is 16.5 Å². The molecule has 4 nitrogen and oxygen atoms in total. The van der Waals surface area contributed by atoms with E-state index in [4.69, 9.17) is 4.74 Å². The van der Waals surface area contributed by atoms with Crippen LogP contribution in [0.4, 0.5) is 0 Å². The van der Waals surface area contributed by atoms with E-state index in [2.05, 4.69) is 15.9 Å². The van der Waals surface area contributed by atoms with Gasteiger partial charge in [0.15, 0.2) is 0 Å². The lowest BCUT2D eigenvalue weighted by molar-refractivity contribution is 0.268. The van der Waals surface area contributed by atoms with E-state index in [0.717, 1.165) is 23.7 Å². The van der Waals surface area contributed by atoms with Gasteiger partial charge in [0.1, 0.15) is 5.75 Å². The zero-order valence-electron chi connectivity index (χ0n) is 11.1. The van der Waals surface area contributed by atoms with Crippen LogP contribution in [-0.4, -0.2) is 32.4 Å². The Labute approximate surface area is 122 Å². The molecule has 0 N–H and O–H groups in total. The number of rotatable bonds is 3. The highest BCUT2D eigenvalue weighted by Crippen LogP contribution is 2.31. The molecule has 1 atom stereocenters. The Morgan fingerprint density at radius 1 is 1.37 bits per heavy atom. The largest absolute Gasteiger partial charge is 0.496 e. The van der Waals surface area contributed by atoms with Crippen molar-refractivity contribution in [2.24, 2.45) is 0 Å². The molecule has 1 aliphatic heterocycles. The maximum absolute atomic E-state index is 12.6. The predicted molar refractivity (Wildman–Crippen MR) is 77.9 cm³/mol. The fraction of sp³-hybridized carbons (Fsp3) is 0.538. The van der Waals surface area contributed by atoms with Gasteiger partial charge in [-0.2, -0.15) is 4.31 Å². The second kappa shape index (κ2) is 5.81. The van der Waals surface area contributed by atoms with Crippen molar-refractivity contribution < 1.29 is 13.2 Å². The van der Waals surface area contributed by atoms with E-state index in [-0.39, 0.29) is 6.04 Å². The highest BCUT2D eigenvalue weighted by molar-refractivity contribution is 9.10. The predicted octanol–water partition coefficient (Wildman–Crippen LogP) is 3.02. The molecule has 1 aromatic rings. The van der Waals surface area contributed by atoms with Gasteiger partial charge in [-0.3, -0.25) is 0 Å². The number of hydrogen-bond donors (Lipinski definition) is 0. The third-order valence-corrected chi connectivity index (χ3v) is 6.14. The van der Waals surface area contributed by atoms with Gasteiger partial charge in [-0.25, -0.2) is 8.42 Å². The van der Waals surface area contributed by atoms with Gasteiger partial charge in [0.25, 0.3) is 0 Å². The Morgan fingerprint density at radius 2 is 2.11 bits per heavy atom. The van der Waals surface area contributed by atoms with Crippen molar-refractivity contribution >= 4 is 26.0 Å². The Hall–Kier alpha value is -0.590. The minimum atomic E-state index is -3.43. The van der Waals surface area contributed by atoms with Gasteiger partial charge in [-0.15, -0.1) is 0 Å². The number of nitrogens with zero attached hydrogens (tertiary/aromatic N) is 1. The van der Waals surface area contributed by atoms with Crippen molar-refractivity contribution in [2.45, 2.75) is 37.1 Å². The highest BCUT2D eigenvalue weighted by atomic mass is 79.9. The Balaban J connectivity index is 2.38.